The summed E-state index contributed by atoms with van der Waals surface area (Å²) in [4.78, 5) is 9.22. The van der Waals surface area contributed by atoms with Gasteiger partial charge in [-0.3, -0.25) is 4.57 Å². The summed E-state index contributed by atoms with van der Waals surface area (Å²) in [5, 5.41) is 0. The number of benzene rings is 1. The molecule has 0 radical (unpaired) electrons. The largest absolute Gasteiger partial charge is 0.481 e. The van der Waals surface area contributed by atoms with Crippen LogP contribution < -0.4 is 10.5 Å². The third-order valence-corrected chi connectivity index (χ3v) is 3.70. The lowest BCUT2D eigenvalue weighted by Crippen LogP contribution is -2.04. The summed E-state index contributed by atoms with van der Waals surface area (Å²) in [5.41, 5.74) is 9.60. The highest BCUT2D eigenvalue weighted by Gasteiger charge is 2.13. The molecule has 0 bridgehead atoms. The molecule has 0 spiro atoms. The van der Waals surface area contributed by atoms with Crippen LogP contribution in [0.25, 0.3) is 16.9 Å². The van der Waals surface area contributed by atoms with Crippen LogP contribution in [0.2, 0.25) is 0 Å². The van der Waals surface area contributed by atoms with Gasteiger partial charge in [0.05, 0.1) is 7.11 Å². The number of pyridine rings is 1. The monoisotopic (exact) mass is 296 g/mol. The Labute approximate surface area is 129 Å². The van der Waals surface area contributed by atoms with Crippen LogP contribution in [0.3, 0.4) is 0 Å². The zero-order valence-corrected chi connectivity index (χ0v) is 12.9. The average Bonchev–Trinajstić information content (AvgIpc) is 2.93. The van der Waals surface area contributed by atoms with Gasteiger partial charge in [-0.25, -0.2) is 4.98 Å². The molecular formula is C17H20N4O. The van der Waals surface area contributed by atoms with Crippen LogP contribution in [0.4, 0.5) is 0 Å². The fourth-order valence-corrected chi connectivity index (χ4v) is 2.59. The van der Waals surface area contributed by atoms with Crippen LogP contribution in [0, 0.1) is 0 Å². The van der Waals surface area contributed by atoms with Gasteiger partial charge in [0.15, 0.2) is 5.65 Å². The number of hydrogen-bond donors (Lipinski definition) is 1. The van der Waals surface area contributed by atoms with Crippen molar-refractivity contribution in [3.8, 4) is 11.6 Å². The lowest BCUT2D eigenvalue weighted by molar-refractivity contribution is 0.399. The number of rotatable bonds is 5. The summed E-state index contributed by atoms with van der Waals surface area (Å²) in [7, 11) is 1.62. The number of nitrogens with two attached hydrogens (primary N) is 1. The Kier molecular flexibility index (Phi) is 4.06. The summed E-state index contributed by atoms with van der Waals surface area (Å²) >= 11 is 0. The minimum atomic E-state index is 0.594. The molecule has 0 aliphatic rings. The highest BCUT2D eigenvalue weighted by Crippen LogP contribution is 2.23. The third kappa shape index (κ3) is 2.55. The normalized spacial score (nSPS) is 11.0. The first-order chi connectivity index (χ1) is 10.8. The molecule has 0 aliphatic carbocycles. The third-order valence-electron chi connectivity index (χ3n) is 3.70. The first-order valence-corrected chi connectivity index (χ1v) is 7.48. The number of methoxy groups -OCH3 is 1. The molecule has 0 saturated heterocycles. The molecule has 5 heteroatoms. The highest BCUT2D eigenvalue weighted by atomic mass is 16.5. The number of nitrogens with zero attached hydrogens (tertiary/aromatic N) is 3. The van der Waals surface area contributed by atoms with Crippen molar-refractivity contribution >= 4 is 11.2 Å². The van der Waals surface area contributed by atoms with Crippen molar-refractivity contribution in [1.29, 1.82) is 0 Å². The first-order valence-electron chi connectivity index (χ1n) is 7.48. The van der Waals surface area contributed by atoms with E-state index in [1.807, 2.05) is 12.1 Å². The van der Waals surface area contributed by atoms with Crippen LogP contribution in [-0.2, 0) is 12.8 Å². The molecule has 3 rings (SSSR count). The van der Waals surface area contributed by atoms with Gasteiger partial charge in [-0.1, -0.05) is 19.1 Å². The molecule has 0 aliphatic heterocycles. The molecular weight excluding hydrogens is 276 g/mol. The van der Waals surface area contributed by atoms with E-state index in [9.17, 15) is 0 Å². The zero-order valence-electron chi connectivity index (χ0n) is 12.9. The van der Waals surface area contributed by atoms with Crippen LogP contribution in [0.1, 0.15) is 18.3 Å². The topological polar surface area (TPSA) is 66.0 Å². The van der Waals surface area contributed by atoms with E-state index in [2.05, 4.69) is 45.7 Å². The summed E-state index contributed by atoms with van der Waals surface area (Å²) in [6.45, 7) is 2.75. The van der Waals surface area contributed by atoms with Gasteiger partial charge in [0, 0.05) is 18.2 Å². The second-order valence-corrected chi connectivity index (χ2v) is 5.12. The van der Waals surface area contributed by atoms with E-state index in [1.165, 1.54) is 5.56 Å². The van der Waals surface area contributed by atoms with Gasteiger partial charge in [-0.15, -0.1) is 0 Å². The molecule has 1 aromatic carbocycles. The molecule has 0 atom stereocenters. The molecule has 114 valence electrons. The van der Waals surface area contributed by atoms with Gasteiger partial charge in [0.2, 0.25) is 5.88 Å². The fourth-order valence-electron chi connectivity index (χ4n) is 2.59. The number of fused-ring (bicyclic) bond motifs is 1. The Morgan fingerprint density at radius 1 is 1.09 bits per heavy atom. The van der Waals surface area contributed by atoms with Crippen molar-refractivity contribution in [3.63, 3.8) is 0 Å². The van der Waals surface area contributed by atoms with Gasteiger partial charge in [-0.2, -0.15) is 4.98 Å². The van der Waals surface area contributed by atoms with Crippen molar-refractivity contribution < 1.29 is 4.74 Å². The zero-order chi connectivity index (χ0) is 15.5. The Hall–Kier alpha value is -2.40. The molecule has 0 amide bonds. The highest BCUT2D eigenvalue weighted by molar-refractivity contribution is 5.74. The van der Waals surface area contributed by atoms with Crippen LogP contribution in [0.5, 0.6) is 5.88 Å². The lowest BCUT2D eigenvalue weighted by Gasteiger charge is -2.09. The van der Waals surface area contributed by atoms with Crippen molar-refractivity contribution in [1.82, 2.24) is 14.5 Å². The Morgan fingerprint density at radius 2 is 1.86 bits per heavy atom. The average molecular weight is 296 g/mol. The van der Waals surface area contributed by atoms with Gasteiger partial charge >= 0.3 is 0 Å². The maximum Gasteiger partial charge on any atom is 0.215 e. The SMILES string of the molecule is CCc1nc2ccc(OC)nc2n1-c1ccc(CCN)cc1. The molecule has 2 N–H and O–H groups in total. The van der Waals surface area contributed by atoms with Crippen LogP contribution in [-0.4, -0.2) is 28.2 Å². The van der Waals surface area contributed by atoms with Gasteiger partial charge in [0.25, 0.3) is 0 Å². The Bertz CT molecular complexity index is 777. The Balaban J connectivity index is 2.14. The van der Waals surface area contributed by atoms with E-state index < -0.39 is 0 Å². The van der Waals surface area contributed by atoms with Gasteiger partial charge in [-0.05, 0) is 36.7 Å². The summed E-state index contributed by atoms with van der Waals surface area (Å²) in [6, 6.07) is 12.2. The molecule has 22 heavy (non-hydrogen) atoms. The molecule has 0 unspecified atom stereocenters. The second-order valence-electron chi connectivity index (χ2n) is 5.12. The number of aromatic nitrogens is 3. The summed E-state index contributed by atoms with van der Waals surface area (Å²) in [5.74, 6) is 1.58. The number of aryl methyl sites for hydroxylation is 1. The molecule has 5 nitrogen and oxygen atoms in total. The number of hydrogen-bond acceptors (Lipinski definition) is 4. The van der Waals surface area contributed by atoms with Crippen LogP contribution in [0.15, 0.2) is 36.4 Å². The second kappa shape index (κ2) is 6.15. The summed E-state index contributed by atoms with van der Waals surface area (Å²) < 4.78 is 7.33. The van der Waals surface area contributed by atoms with E-state index in [0.29, 0.717) is 12.4 Å². The van der Waals surface area contributed by atoms with Gasteiger partial charge in [0.1, 0.15) is 11.3 Å². The van der Waals surface area contributed by atoms with Gasteiger partial charge < -0.3 is 10.5 Å². The minimum absolute atomic E-state index is 0.594. The standard InChI is InChI=1S/C17H20N4O/c1-3-15-19-14-8-9-16(22-2)20-17(14)21(15)13-6-4-12(5-7-13)10-11-18/h4-9H,3,10-11,18H2,1-2H3. The van der Waals surface area contributed by atoms with E-state index in [4.69, 9.17) is 10.5 Å². The quantitative estimate of drug-likeness (QED) is 0.785. The smallest absolute Gasteiger partial charge is 0.215 e. The predicted octanol–water partition coefficient (Wildman–Crippen LogP) is 2.49. The molecule has 3 aromatic rings. The van der Waals surface area contributed by atoms with Crippen LogP contribution >= 0.6 is 0 Å². The van der Waals surface area contributed by atoms with Crippen molar-refractivity contribution in [2.24, 2.45) is 5.73 Å². The maximum atomic E-state index is 5.61. The fraction of sp³-hybridized carbons (Fsp3) is 0.294. The minimum Gasteiger partial charge on any atom is -0.481 e. The number of ether oxygens (including phenoxy) is 1. The van der Waals surface area contributed by atoms with E-state index >= 15 is 0 Å². The van der Waals surface area contributed by atoms with E-state index in [0.717, 1.165) is 35.5 Å². The van der Waals surface area contributed by atoms with Crippen molar-refractivity contribution in [3.05, 3.63) is 47.8 Å². The van der Waals surface area contributed by atoms with E-state index in [-0.39, 0.29) is 0 Å². The number of imidazole rings is 1. The summed E-state index contributed by atoms with van der Waals surface area (Å²) in [6.07, 6.45) is 1.72. The first kappa shape index (κ1) is 14.5. The van der Waals surface area contributed by atoms with E-state index in [1.54, 1.807) is 7.11 Å². The lowest BCUT2D eigenvalue weighted by atomic mass is 10.1. The predicted molar refractivity (Wildman–Crippen MR) is 87.6 cm³/mol. The molecule has 2 aromatic heterocycles. The molecule has 2 heterocycles. The Morgan fingerprint density at radius 3 is 2.50 bits per heavy atom. The molecule has 0 fully saturated rings. The maximum absolute atomic E-state index is 5.61. The van der Waals surface area contributed by atoms with Crippen molar-refractivity contribution in [2.45, 2.75) is 19.8 Å². The molecule has 0 saturated carbocycles. The van der Waals surface area contributed by atoms with Crippen molar-refractivity contribution in [2.75, 3.05) is 13.7 Å².